The van der Waals surface area contributed by atoms with Crippen molar-refractivity contribution in [3.63, 3.8) is 0 Å². The van der Waals surface area contributed by atoms with Crippen molar-refractivity contribution in [2.75, 3.05) is 11.9 Å². The molecule has 0 bridgehead atoms. The van der Waals surface area contributed by atoms with Crippen molar-refractivity contribution in [1.29, 1.82) is 5.26 Å². The maximum Gasteiger partial charge on any atom is 0.417 e. The van der Waals surface area contributed by atoms with E-state index in [2.05, 4.69) is 5.32 Å². The minimum atomic E-state index is -4.57. The molecule has 1 unspecified atom stereocenters. The average molecular weight is 286 g/mol. The minimum Gasteiger partial charge on any atom is -0.394 e. The summed E-state index contributed by atoms with van der Waals surface area (Å²) in [5, 5.41) is 20.8. The fourth-order valence-corrected chi connectivity index (χ4v) is 1.95. The summed E-state index contributed by atoms with van der Waals surface area (Å²) in [6.45, 7) is 3.76. The fraction of sp³-hybridized carbons (Fsp3) is 0.500. The van der Waals surface area contributed by atoms with E-state index in [0.717, 1.165) is 12.1 Å². The Morgan fingerprint density at radius 1 is 1.35 bits per heavy atom. The number of nitrogens with one attached hydrogen (secondary N) is 1. The fourth-order valence-electron chi connectivity index (χ4n) is 1.95. The first-order valence-electron chi connectivity index (χ1n) is 6.26. The Balaban J connectivity index is 3.01. The third-order valence-corrected chi connectivity index (χ3v) is 2.79. The number of nitriles is 1. The molecular formula is C14H17F3N2O. The summed E-state index contributed by atoms with van der Waals surface area (Å²) in [6.07, 6.45) is -3.94. The largest absolute Gasteiger partial charge is 0.417 e. The van der Waals surface area contributed by atoms with Gasteiger partial charge < -0.3 is 10.4 Å². The number of nitrogens with zero attached hydrogens (tertiary/aromatic N) is 1. The molecule has 0 heterocycles. The SMILES string of the molecule is CC(C)CC(CO)Nc1ccc(C#N)c(C(F)(F)F)c1. The third kappa shape index (κ3) is 4.42. The summed E-state index contributed by atoms with van der Waals surface area (Å²) in [7, 11) is 0. The van der Waals surface area contributed by atoms with Crippen LogP contribution in [0.25, 0.3) is 0 Å². The number of hydrogen-bond donors (Lipinski definition) is 2. The maximum atomic E-state index is 12.8. The average Bonchev–Trinajstić information content (AvgIpc) is 2.36. The molecule has 0 aliphatic carbocycles. The van der Waals surface area contributed by atoms with Crippen LogP contribution >= 0.6 is 0 Å². The van der Waals surface area contributed by atoms with Gasteiger partial charge in [0, 0.05) is 11.7 Å². The number of rotatable bonds is 5. The molecule has 0 saturated heterocycles. The van der Waals surface area contributed by atoms with Gasteiger partial charge in [-0.2, -0.15) is 18.4 Å². The molecule has 0 amide bonds. The zero-order valence-corrected chi connectivity index (χ0v) is 11.3. The van der Waals surface area contributed by atoms with E-state index in [0.29, 0.717) is 12.3 Å². The van der Waals surface area contributed by atoms with E-state index in [1.165, 1.54) is 12.1 Å². The predicted octanol–water partition coefficient (Wildman–Crippen LogP) is 3.40. The molecule has 1 rings (SSSR count). The molecule has 0 aliphatic heterocycles. The molecule has 2 N–H and O–H groups in total. The van der Waals surface area contributed by atoms with E-state index in [9.17, 15) is 18.3 Å². The van der Waals surface area contributed by atoms with Crippen LogP contribution in [-0.4, -0.2) is 17.8 Å². The van der Waals surface area contributed by atoms with Crippen molar-refractivity contribution in [1.82, 2.24) is 0 Å². The van der Waals surface area contributed by atoms with E-state index >= 15 is 0 Å². The van der Waals surface area contributed by atoms with Crippen LogP contribution in [-0.2, 0) is 6.18 Å². The Hall–Kier alpha value is -1.74. The van der Waals surface area contributed by atoms with Crippen LogP contribution in [0.4, 0.5) is 18.9 Å². The van der Waals surface area contributed by atoms with E-state index in [-0.39, 0.29) is 18.3 Å². The summed E-state index contributed by atoms with van der Waals surface area (Å²) in [5.74, 6) is 0.306. The maximum absolute atomic E-state index is 12.8. The number of hydrogen-bond acceptors (Lipinski definition) is 3. The number of alkyl halides is 3. The summed E-state index contributed by atoms with van der Waals surface area (Å²) in [5.41, 5.74) is -1.13. The highest BCUT2D eigenvalue weighted by Gasteiger charge is 2.33. The lowest BCUT2D eigenvalue weighted by molar-refractivity contribution is -0.137. The van der Waals surface area contributed by atoms with E-state index < -0.39 is 17.3 Å². The standard InChI is InChI=1S/C14H17F3N2O/c1-9(2)5-12(8-20)19-11-4-3-10(7-18)13(6-11)14(15,16)17/h3-4,6,9,12,19-20H,5,8H2,1-2H3. The van der Waals surface area contributed by atoms with Crippen molar-refractivity contribution >= 4 is 5.69 Å². The molecular weight excluding hydrogens is 269 g/mol. The second kappa shape index (κ2) is 6.62. The lowest BCUT2D eigenvalue weighted by Gasteiger charge is -2.20. The van der Waals surface area contributed by atoms with Gasteiger partial charge in [0.1, 0.15) is 0 Å². The zero-order chi connectivity index (χ0) is 15.3. The predicted molar refractivity (Wildman–Crippen MR) is 70.1 cm³/mol. The van der Waals surface area contributed by atoms with Crippen LogP contribution < -0.4 is 5.32 Å². The normalized spacial score (nSPS) is 13.1. The van der Waals surface area contributed by atoms with E-state index in [4.69, 9.17) is 5.26 Å². The van der Waals surface area contributed by atoms with Crippen LogP contribution in [0.15, 0.2) is 18.2 Å². The van der Waals surface area contributed by atoms with Crippen LogP contribution in [0, 0.1) is 17.2 Å². The molecule has 0 saturated carbocycles. The summed E-state index contributed by atoms with van der Waals surface area (Å²) >= 11 is 0. The van der Waals surface area contributed by atoms with Crippen LogP contribution in [0.2, 0.25) is 0 Å². The van der Waals surface area contributed by atoms with E-state index in [1.54, 1.807) is 0 Å². The summed E-state index contributed by atoms with van der Waals surface area (Å²) < 4.78 is 38.4. The molecule has 3 nitrogen and oxygen atoms in total. The summed E-state index contributed by atoms with van der Waals surface area (Å²) in [4.78, 5) is 0. The Morgan fingerprint density at radius 2 is 2.00 bits per heavy atom. The molecule has 110 valence electrons. The van der Waals surface area contributed by atoms with Gasteiger partial charge >= 0.3 is 6.18 Å². The first kappa shape index (κ1) is 16.3. The molecule has 0 fully saturated rings. The Bertz CT molecular complexity index is 492. The van der Waals surface area contributed by atoms with Crippen molar-refractivity contribution in [2.45, 2.75) is 32.5 Å². The van der Waals surface area contributed by atoms with Crippen molar-refractivity contribution < 1.29 is 18.3 Å². The molecule has 0 aromatic heterocycles. The van der Waals surface area contributed by atoms with Crippen molar-refractivity contribution in [2.24, 2.45) is 5.92 Å². The molecule has 1 aromatic rings. The molecule has 20 heavy (non-hydrogen) atoms. The number of halogens is 3. The molecule has 0 spiro atoms. The highest BCUT2D eigenvalue weighted by molar-refractivity contribution is 5.53. The van der Waals surface area contributed by atoms with Gasteiger partial charge in [-0.3, -0.25) is 0 Å². The number of aliphatic hydroxyl groups is 1. The Morgan fingerprint density at radius 3 is 2.45 bits per heavy atom. The topological polar surface area (TPSA) is 56.0 Å². The monoisotopic (exact) mass is 286 g/mol. The number of benzene rings is 1. The smallest absolute Gasteiger partial charge is 0.394 e. The Kier molecular flexibility index (Phi) is 5.40. The van der Waals surface area contributed by atoms with E-state index in [1.807, 2.05) is 13.8 Å². The van der Waals surface area contributed by atoms with Gasteiger partial charge in [-0.25, -0.2) is 0 Å². The van der Waals surface area contributed by atoms with Gasteiger partial charge in [0.25, 0.3) is 0 Å². The first-order chi connectivity index (χ1) is 9.27. The quantitative estimate of drug-likeness (QED) is 0.872. The highest BCUT2D eigenvalue weighted by atomic mass is 19.4. The molecule has 0 radical (unpaired) electrons. The molecule has 1 atom stereocenters. The van der Waals surface area contributed by atoms with Crippen LogP contribution in [0.1, 0.15) is 31.4 Å². The van der Waals surface area contributed by atoms with Gasteiger partial charge in [-0.1, -0.05) is 13.8 Å². The van der Waals surface area contributed by atoms with Gasteiger partial charge in [-0.05, 0) is 30.5 Å². The Labute approximate surface area is 116 Å². The minimum absolute atomic E-state index is 0.167. The second-order valence-electron chi connectivity index (χ2n) is 5.02. The van der Waals surface area contributed by atoms with Crippen LogP contribution in [0.5, 0.6) is 0 Å². The molecule has 1 aromatic carbocycles. The van der Waals surface area contributed by atoms with Gasteiger partial charge in [0.15, 0.2) is 0 Å². The third-order valence-electron chi connectivity index (χ3n) is 2.79. The number of aliphatic hydroxyl groups excluding tert-OH is 1. The molecule has 0 aliphatic rings. The van der Waals surface area contributed by atoms with Crippen molar-refractivity contribution in [3.8, 4) is 6.07 Å². The van der Waals surface area contributed by atoms with Gasteiger partial charge in [0.05, 0.1) is 23.8 Å². The highest BCUT2D eigenvalue weighted by Crippen LogP contribution is 2.33. The number of anilines is 1. The van der Waals surface area contributed by atoms with Crippen molar-refractivity contribution in [3.05, 3.63) is 29.3 Å². The molecule has 6 heteroatoms. The lowest BCUT2D eigenvalue weighted by atomic mass is 10.0. The van der Waals surface area contributed by atoms with Gasteiger partial charge in [-0.15, -0.1) is 0 Å². The second-order valence-corrected chi connectivity index (χ2v) is 5.02. The first-order valence-corrected chi connectivity index (χ1v) is 6.26. The summed E-state index contributed by atoms with van der Waals surface area (Å²) in [6, 6.07) is 4.67. The van der Waals surface area contributed by atoms with Gasteiger partial charge in [0.2, 0.25) is 0 Å². The lowest BCUT2D eigenvalue weighted by Crippen LogP contribution is -2.25. The zero-order valence-electron chi connectivity index (χ0n) is 11.3. The van der Waals surface area contributed by atoms with Crippen LogP contribution in [0.3, 0.4) is 0 Å².